The lowest BCUT2D eigenvalue weighted by atomic mass is 9.84. The highest BCUT2D eigenvalue weighted by atomic mass is 16.4. The van der Waals surface area contributed by atoms with Crippen LogP contribution in [0.1, 0.15) is 36.7 Å². The maximum Gasteiger partial charge on any atom is 0.335 e. The average molecular weight is 208 g/mol. The predicted molar refractivity (Wildman–Crippen MR) is 57.8 cm³/mol. The molecular weight excluding hydrogens is 192 g/mol. The first-order chi connectivity index (χ1) is 6.85. The Bertz CT molecular complexity index is 367. The smallest absolute Gasteiger partial charge is 0.335 e. The van der Waals surface area contributed by atoms with E-state index in [1.54, 1.807) is 19.1 Å². The predicted octanol–water partition coefficient (Wildman–Crippen LogP) is 2.25. The minimum absolute atomic E-state index is 0.0292. The SMILES string of the molecule is CC(C)C(C)(O)c1cccc(C(=O)O)c1. The molecule has 0 fully saturated rings. The van der Waals surface area contributed by atoms with Crippen LogP contribution in [0, 0.1) is 5.92 Å². The standard InChI is InChI=1S/C12H16O3/c1-8(2)12(3,15)10-6-4-5-9(7-10)11(13)14/h4-8,15H,1-3H3,(H,13,14). The molecule has 15 heavy (non-hydrogen) atoms. The number of carbonyl (C=O) groups is 1. The quantitative estimate of drug-likeness (QED) is 0.801. The number of carboxylic acid groups (broad SMARTS) is 1. The van der Waals surface area contributed by atoms with Crippen LogP contribution in [-0.2, 0) is 5.60 Å². The number of aromatic carboxylic acids is 1. The maximum atomic E-state index is 10.8. The molecule has 0 aliphatic rings. The van der Waals surface area contributed by atoms with Gasteiger partial charge in [0.15, 0.2) is 0 Å². The number of rotatable bonds is 3. The molecule has 1 aromatic rings. The Morgan fingerprint density at radius 3 is 2.47 bits per heavy atom. The summed E-state index contributed by atoms with van der Waals surface area (Å²) in [5, 5.41) is 19.0. The average Bonchev–Trinajstić information content (AvgIpc) is 2.17. The Morgan fingerprint density at radius 1 is 1.40 bits per heavy atom. The van der Waals surface area contributed by atoms with E-state index in [-0.39, 0.29) is 11.5 Å². The van der Waals surface area contributed by atoms with Gasteiger partial charge in [0.2, 0.25) is 0 Å². The summed E-state index contributed by atoms with van der Waals surface area (Å²) in [5.41, 5.74) is -0.156. The van der Waals surface area contributed by atoms with E-state index in [1.165, 1.54) is 12.1 Å². The molecule has 0 saturated carbocycles. The highest BCUT2D eigenvalue weighted by molar-refractivity contribution is 5.87. The van der Waals surface area contributed by atoms with Gasteiger partial charge in [-0.15, -0.1) is 0 Å². The zero-order valence-corrected chi connectivity index (χ0v) is 9.19. The van der Waals surface area contributed by atoms with Gasteiger partial charge in [-0.1, -0.05) is 26.0 Å². The lowest BCUT2D eigenvalue weighted by molar-refractivity contribution is 0.00898. The first-order valence-corrected chi connectivity index (χ1v) is 4.92. The molecule has 0 amide bonds. The van der Waals surface area contributed by atoms with Crippen molar-refractivity contribution in [3.05, 3.63) is 35.4 Å². The molecule has 3 heteroatoms. The van der Waals surface area contributed by atoms with E-state index in [0.29, 0.717) is 5.56 Å². The van der Waals surface area contributed by atoms with Crippen molar-refractivity contribution in [2.45, 2.75) is 26.4 Å². The van der Waals surface area contributed by atoms with Crippen molar-refractivity contribution in [3.63, 3.8) is 0 Å². The summed E-state index contributed by atoms with van der Waals surface area (Å²) in [6, 6.07) is 6.42. The van der Waals surface area contributed by atoms with Crippen LogP contribution in [0.15, 0.2) is 24.3 Å². The van der Waals surface area contributed by atoms with Crippen LogP contribution < -0.4 is 0 Å². The monoisotopic (exact) mass is 208 g/mol. The summed E-state index contributed by atoms with van der Waals surface area (Å²) >= 11 is 0. The van der Waals surface area contributed by atoms with E-state index < -0.39 is 11.6 Å². The minimum atomic E-state index is -0.995. The fourth-order valence-electron chi connectivity index (χ4n) is 1.30. The van der Waals surface area contributed by atoms with Crippen LogP contribution >= 0.6 is 0 Å². The first-order valence-electron chi connectivity index (χ1n) is 4.92. The van der Waals surface area contributed by atoms with Gasteiger partial charge in [0, 0.05) is 0 Å². The van der Waals surface area contributed by atoms with Crippen molar-refractivity contribution in [3.8, 4) is 0 Å². The number of benzene rings is 1. The van der Waals surface area contributed by atoms with E-state index in [4.69, 9.17) is 5.11 Å². The fourth-order valence-corrected chi connectivity index (χ4v) is 1.30. The van der Waals surface area contributed by atoms with E-state index in [2.05, 4.69) is 0 Å². The molecule has 1 aromatic carbocycles. The number of aliphatic hydroxyl groups is 1. The molecule has 0 aliphatic heterocycles. The maximum absolute atomic E-state index is 10.8. The molecule has 0 spiro atoms. The summed E-state index contributed by atoms with van der Waals surface area (Å²) in [4.78, 5) is 10.8. The van der Waals surface area contributed by atoms with Gasteiger partial charge in [0.25, 0.3) is 0 Å². The molecule has 0 radical (unpaired) electrons. The molecular formula is C12H16O3. The summed E-state index contributed by atoms with van der Waals surface area (Å²) in [5.74, 6) is -0.946. The second kappa shape index (κ2) is 4.03. The largest absolute Gasteiger partial charge is 0.478 e. The van der Waals surface area contributed by atoms with Crippen molar-refractivity contribution < 1.29 is 15.0 Å². The van der Waals surface area contributed by atoms with Crippen molar-refractivity contribution in [2.75, 3.05) is 0 Å². The zero-order chi connectivity index (χ0) is 11.6. The third kappa shape index (κ3) is 2.36. The fraction of sp³-hybridized carbons (Fsp3) is 0.417. The van der Waals surface area contributed by atoms with Gasteiger partial charge in [-0.2, -0.15) is 0 Å². The lowest BCUT2D eigenvalue weighted by Gasteiger charge is -2.28. The molecule has 82 valence electrons. The highest BCUT2D eigenvalue weighted by Gasteiger charge is 2.27. The molecule has 0 saturated heterocycles. The number of hydrogen-bond donors (Lipinski definition) is 2. The number of hydrogen-bond acceptors (Lipinski definition) is 2. The Kier molecular flexibility index (Phi) is 3.15. The second-order valence-electron chi connectivity index (χ2n) is 4.19. The summed E-state index contributed by atoms with van der Waals surface area (Å²) < 4.78 is 0. The summed E-state index contributed by atoms with van der Waals surface area (Å²) in [6.07, 6.45) is 0. The lowest BCUT2D eigenvalue weighted by Crippen LogP contribution is -2.28. The first kappa shape index (κ1) is 11.7. The molecule has 1 atom stereocenters. The summed E-state index contributed by atoms with van der Waals surface area (Å²) in [7, 11) is 0. The third-order valence-corrected chi connectivity index (χ3v) is 2.82. The van der Waals surface area contributed by atoms with Gasteiger partial charge in [-0.3, -0.25) is 0 Å². The second-order valence-corrected chi connectivity index (χ2v) is 4.19. The minimum Gasteiger partial charge on any atom is -0.478 e. The van der Waals surface area contributed by atoms with E-state index >= 15 is 0 Å². The Balaban J connectivity index is 3.16. The van der Waals surface area contributed by atoms with Gasteiger partial charge >= 0.3 is 5.97 Å². The van der Waals surface area contributed by atoms with E-state index in [1.807, 2.05) is 13.8 Å². The molecule has 0 aromatic heterocycles. The molecule has 0 aliphatic carbocycles. The molecule has 3 nitrogen and oxygen atoms in total. The van der Waals surface area contributed by atoms with Crippen LogP contribution in [0.25, 0.3) is 0 Å². The van der Waals surface area contributed by atoms with Crippen molar-refractivity contribution in [2.24, 2.45) is 5.92 Å². The summed E-state index contributed by atoms with van der Waals surface area (Å²) in [6.45, 7) is 5.49. The highest BCUT2D eigenvalue weighted by Crippen LogP contribution is 2.29. The third-order valence-electron chi connectivity index (χ3n) is 2.82. The van der Waals surface area contributed by atoms with Gasteiger partial charge in [-0.05, 0) is 30.5 Å². The van der Waals surface area contributed by atoms with Gasteiger partial charge < -0.3 is 10.2 Å². The van der Waals surface area contributed by atoms with Gasteiger partial charge in [-0.25, -0.2) is 4.79 Å². The van der Waals surface area contributed by atoms with Crippen LogP contribution in [0.4, 0.5) is 0 Å². The molecule has 0 heterocycles. The van der Waals surface area contributed by atoms with Crippen molar-refractivity contribution >= 4 is 5.97 Å². The van der Waals surface area contributed by atoms with Crippen LogP contribution in [0.5, 0.6) is 0 Å². The zero-order valence-electron chi connectivity index (χ0n) is 9.19. The van der Waals surface area contributed by atoms with Crippen molar-refractivity contribution in [1.82, 2.24) is 0 Å². The molecule has 1 unspecified atom stereocenters. The van der Waals surface area contributed by atoms with Crippen LogP contribution in [-0.4, -0.2) is 16.2 Å². The van der Waals surface area contributed by atoms with Gasteiger partial charge in [0.1, 0.15) is 0 Å². The number of carboxylic acids is 1. The topological polar surface area (TPSA) is 57.5 Å². The van der Waals surface area contributed by atoms with Crippen molar-refractivity contribution in [1.29, 1.82) is 0 Å². The Hall–Kier alpha value is -1.35. The van der Waals surface area contributed by atoms with E-state index in [9.17, 15) is 9.90 Å². The van der Waals surface area contributed by atoms with Crippen LogP contribution in [0.3, 0.4) is 0 Å². The van der Waals surface area contributed by atoms with E-state index in [0.717, 1.165) is 0 Å². The Morgan fingerprint density at radius 2 is 2.00 bits per heavy atom. The molecule has 1 rings (SSSR count). The molecule has 0 bridgehead atoms. The van der Waals surface area contributed by atoms with Gasteiger partial charge in [0.05, 0.1) is 11.2 Å². The molecule has 2 N–H and O–H groups in total. The Labute approximate surface area is 89.4 Å². The normalized spacial score (nSPS) is 15.0. The van der Waals surface area contributed by atoms with Crippen LogP contribution in [0.2, 0.25) is 0 Å².